The van der Waals surface area contributed by atoms with Crippen molar-refractivity contribution in [2.45, 2.75) is 84.6 Å². The van der Waals surface area contributed by atoms with E-state index in [0.29, 0.717) is 12.3 Å². The van der Waals surface area contributed by atoms with Crippen LogP contribution in [0.4, 0.5) is 0 Å². The van der Waals surface area contributed by atoms with Crippen molar-refractivity contribution < 1.29 is 14.4 Å². The van der Waals surface area contributed by atoms with Crippen LogP contribution in [0, 0.1) is 28.6 Å². The first-order valence-electron chi connectivity index (χ1n) is 13.9. The van der Waals surface area contributed by atoms with E-state index in [-0.39, 0.29) is 29.3 Å². The second-order valence-corrected chi connectivity index (χ2v) is 11.8. The molecular formula is C30H41N3O3. The number of nitrogens with one attached hydrogen (secondary N) is 2. The summed E-state index contributed by atoms with van der Waals surface area (Å²) in [4.78, 5) is 33.3. The molecule has 6 heteroatoms. The van der Waals surface area contributed by atoms with E-state index in [1.54, 1.807) is 5.57 Å². The Kier molecular flexibility index (Phi) is 7.08. The summed E-state index contributed by atoms with van der Waals surface area (Å²) in [7, 11) is 0. The lowest BCUT2D eigenvalue weighted by molar-refractivity contribution is -0.152. The lowest BCUT2D eigenvalue weighted by Crippen LogP contribution is -2.51. The minimum Gasteiger partial charge on any atom is -0.369 e. The Morgan fingerprint density at radius 1 is 1.14 bits per heavy atom. The molecule has 6 atom stereocenters. The molecule has 2 saturated carbocycles. The van der Waals surface area contributed by atoms with E-state index in [2.05, 4.69) is 53.9 Å². The highest BCUT2D eigenvalue weighted by Crippen LogP contribution is 2.66. The molecule has 194 valence electrons. The minimum absolute atomic E-state index is 0.0408. The summed E-state index contributed by atoms with van der Waals surface area (Å²) in [6.07, 6.45) is 18.1. The van der Waals surface area contributed by atoms with Gasteiger partial charge < -0.3 is 10.2 Å². The van der Waals surface area contributed by atoms with Crippen LogP contribution in [0.15, 0.2) is 42.3 Å². The Morgan fingerprint density at radius 2 is 1.97 bits per heavy atom. The van der Waals surface area contributed by atoms with Crippen LogP contribution in [0.3, 0.4) is 0 Å². The Labute approximate surface area is 215 Å². The van der Waals surface area contributed by atoms with Crippen LogP contribution in [0.2, 0.25) is 0 Å². The standard InChI is InChI=1S/C30H41N3O3/c1-4-6-27(34)32-19-28(35)36-33-22-12-14-29(2)21(17-22)8-9-23-25-11-10-24(20-7-5-16-31-18-20)30(25,3)15-13-26(23)29/h5,7,10,16-18,22-23,25-26,33H,4,6,8-9,11-15,19H2,1-3H3,(H,32,34)/t22?,23-,25+,26+,29+,30-/m1/s1. The van der Waals surface area contributed by atoms with Crippen molar-refractivity contribution in [3.8, 4) is 0 Å². The highest BCUT2D eigenvalue weighted by Gasteiger charge is 2.57. The van der Waals surface area contributed by atoms with Crippen LogP contribution in [0.1, 0.15) is 84.1 Å². The molecule has 5 rings (SSSR count). The first-order valence-corrected chi connectivity index (χ1v) is 13.9. The van der Waals surface area contributed by atoms with Crippen molar-refractivity contribution in [2.75, 3.05) is 6.54 Å². The first-order chi connectivity index (χ1) is 17.3. The van der Waals surface area contributed by atoms with Gasteiger partial charge in [0.05, 0.1) is 6.04 Å². The van der Waals surface area contributed by atoms with Crippen LogP contribution in [-0.2, 0) is 14.4 Å². The predicted octanol–water partition coefficient (Wildman–Crippen LogP) is 5.37. The van der Waals surface area contributed by atoms with E-state index < -0.39 is 5.97 Å². The minimum atomic E-state index is -0.445. The molecule has 1 heterocycles. The van der Waals surface area contributed by atoms with Gasteiger partial charge in [-0.2, -0.15) is 0 Å². The number of nitrogens with zero attached hydrogens (tertiary/aromatic N) is 1. The van der Waals surface area contributed by atoms with Gasteiger partial charge in [0.15, 0.2) is 0 Å². The second kappa shape index (κ2) is 10.1. The fourth-order valence-electron chi connectivity index (χ4n) is 8.02. The van der Waals surface area contributed by atoms with E-state index in [1.165, 1.54) is 36.8 Å². The maximum atomic E-state index is 12.1. The highest BCUT2D eigenvalue weighted by atomic mass is 16.7. The average molecular weight is 492 g/mol. The number of hydroxylamine groups is 1. The lowest BCUT2D eigenvalue weighted by atomic mass is 9.46. The van der Waals surface area contributed by atoms with E-state index in [1.807, 2.05) is 19.3 Å². The SMILES string of the molecule is CCCC(=O)NCC(=O)ONC1C=C2CC[C@H]3[C@H](CC[C@]4(C)C(c5cccnc5)=CC[C@@H]34)[C@@]2(C)CC1. The van der Waals surface area contributed by atoms with Crippen molar-refractivity contribution in [1.82, 2.24) is 15.8 Å². The van der Waals surface area contributed by atoms with E-state index in [9.17, 15) is 9.59 Å². The van der Waals surface area contributed by atoms with Gasteiger partial charge in [-0.1, -0.05) is 44.6 Å². The summed E-state index contributed by atoms with van der Waals surface area (Å²) in [6, 6.07) is 4.32. The molecule has 4 aliphatic rings. The van der Waals surface area contributed by atoms with Gasteiger partial charge in [-0.05, 0) is 97.2 Å². The van der Waals surface area contributed by atoms with Gasteiger partial charge in [0.25, 0.3) is 0 Å². The van der Waals surface area contributed by atoms with Gasteiger partial charge in [-0.15, -0.1) is 5.48 Å². The zero-order chi connectivity index (χ0) is 25.3. The quantitative estimate of drug-likeness (QED) is 0.396. The molecule has 2 N–H and O–H groups in total. The topological polar surface area (TPSA) is 80.3 Å². The molecule has 0 aliphatic heterocycles. The van der Waals surface area contributed by atoms with Crippen molar-refractivity contribution in [2.24, 2.45) is 28.6 Å². The summed E-state index contributed by atoms with van der Waals surface area (Å²) < 4.78 is 0. The normalized spacial score (nSPS) is 35.0. The number of aromatic nitrogens is 1. The van der Waals surface area contributed by atoms with Crippen molar-refractivity contribution in [1.29, 1.82) is 0 Å². The van der Waals surface area contributed by atoms with Crippen molar-refractivity contribution >= 4 is 17.4 Å². The fraction of sp³-hybridized carbons (Fsp3) is 0.633. The van der Waals surface area contributed by atoms with Crippen LogP contribution >= 0.6 is 0 Å². The summed E-state index contributed by atoms with van der Waals surface area (Å²) in [5, 5.41) is 2.61. The Balaban J connectivity index is 1.22. The fourth-order valence-corrected chi connectivity index (χ4v) is 8.02. The van der Waals surface area contributed by atoms with Crippen LogP contribution < -0.4 is 10.8 Å². The maximum Gasteiger partial charge on any atom is 0.344 e. The van der Waals surface area contributed by atoms with Crippen LogP contribution in [-0.4, -0.2) is 29.4 Å². The smallest absolute Gasteiger partial charge is 0.344 e. The predicted molar refractivity (Wildman–Crippen MR) is 140 cm³/mol. The molecular weight excluding hydrogens is 450 g/mol. The monoisotopic (exact) mass is 491 g/mol. The number of hydrogen-bond acceptors (Lipinski definition) is 5. The third-order valence-electron chi connectivity index (χ3n) is 9.90. The van der Waals surface area contributed by atoms with Crippen molar-refractivity contribution in [3.63, 3.8) is 0 Å². The molecule has 0 bridgehead atoms. The number of hydrogen-bond donors (Lipinski definition) is 2. The number of allylic oxidation sites excluding steroid dienone is 3. The first kappa shape index (κ1) is 25.2. The van der Waals surface area contributed by atoms with Gasteiger partial charge in [-0.25, -0.2) is 4.79 Å². The molecule has 0 radical (unpaired) electrons. The second-order valence-electron chi connectivity index (χ2n) is 11.8. The molecule has 36 heavy (non-hydrogen) atoms. The third kappa shape index (κ3) is 4.53. The van der Waals surface area contributed by atoms with Gasteiger partial charge in [-0.3, -0.25) is 9.78 Å². The molecule has 0 spiro atoms. The summed E-state index contributed by atoms with van der Waals surface area (Å²) in [5.74, 6) is 1.62. The molecule has 1 unspecified atom stereocenters. The zero-order valence-corrected chi connectivity index (χ0v) is 22.0. The number of fused-ring (bicyclic) bond motifs is 5. The average Bonchev–Trinajstić information content (AvgIpc) is 3.24. The van der Waals surface area contributed by atoms with E-state index in [0.717, 1.165) is 37.5 Å². The molecule has 2 fully saturated rings. The largest absolute Gasteiger partial charge is 0.369 e. The Bertz CT molecular complexity index is 1050. The van der Waals surface area contributed by atoms with Gasteiger partial charge >= 0.3 is 5.97 Å². The number of carbonyl (C=O) groups is 2. The lowest BCUT2D eigenvalue weighted by Gasteiger charge is -2.58. The van der Waals surface area contributed by atoms with E-state index >= 15 is 0 Å². The number of rotatable bonds is 7. The number of carbonyl (C=O) groups excluding carboxylic acids is 2. The molecule has 1 amide bonds. The molecule has 6 nitrogen and oxygen atoms in total. The highest BCUT2D eigenvalue weighted by molar-refractivity contribution is 5.81. The van der Waals surface area contributed by atoms with Gasteiger partial charge in [0, 0.05) is 18.8 Å². The zero-order valence-electron chi connectivity index (χ0n) is 22.0. The summed E-state index contributed by atoms with van der Waals surface area (Å²) >= 11 is 0. The Hall–Kier alpha value is -2.47. The summed E-state index contributed by atoms with van der Waals surface area (Å²) in [5.41, 5.74) is 7.82. The van der Waals surface area contributed by atoms with E-state index in [4.69, 9.17) is 4.84 Å². The molecule has 4 aliphatic carbocycles. The van der Waals surface area contributed by atoms with Crippen LogP contribution in [0.25, 0.3) is 5.57 Å². The van der Waals surface area contributed by atoms with Crippen LogP contribution in [0.5, 0.6) is 0 Å². The van der Waals surface area contributed by atoms with Gasteiger partial charge in [0.1, 0.15) is 6.54 Å². The van der Waals surface area contributed by atoms with Crippen molar-refractivity contribution in [3.05, 3.63) is 47.8 Å². The molecule has 1 aromatic heterocycles. The summed E-state index contributed by atoms with van der Waals surface area (Å²) in [6.45, 7) is 6.85. The maximum absolute atomic E-state index is 12.1. The number of pyridine rings is 1. The molecule has 0 aromatic carbocycles. The Morgan fingerprint density at radius 3 is 2.75 bits per heavy atom. The third-order valence-corrected chi connectivity index (χ3v) is 9.90. The van der Waals surface area contributed by atoms with Gasteiger partial charge in [0.2, 0.25) is 5.91 Å². The number of amides is 1. The molecule has 0 saturated heterocycles. The molecule has 1 aromatic rings.